The van der Waals surface area contributed by atoms with Crippen LogP contribution in [0, 0.1) is 0 Å². The molecule has 15 heavy (non-hydrogen) atoms. The van der Waals surface area contributed by atoms with E-state index in [1.807, 2.05) is 13.8 Å². The first-order valence-electron chi connectivity index (χ1n) is 4.67. The lowest BCUT2D eigenvalue weighted by atomic mass is 10.2. The largest absolute Gasteiger partial charge is 0.480 e. The van der Waals surface area contributed by atoms with Crippen LogP contribution in [0.25, 0.3) is 0 Å². The number of carboxylic acids is 1. The summed E-state index contributed by atoms with van der Waals surface area (Å²) in [4.78, 5) is 14.7. The highest BCUT2D eigenvalue weighted by atomic mass is 32.2. The van der Waals surface area contributed by atoms with Gasteiger partial charge in [0.2, 0.25) is 5.89 Å². The predicted octanol–water partition coefficient (Wildman–Crippen LogP) is 1.90. The van der Waals surface area contributed by atoms with E-state index in [4.69, 9.17) is 9.63 Å². The molecule has 0 aromatic carbocycles. The lowest BCUT2D eigenvalue weighted by Crippen LogP contribution is -2.11. The molecule has 84 valence electrons. The molecule has 1 rings (SSSR count). The summed E-state index contributed by atoms with van der Waals surface area (Å²) in [6.07, 6.45) is 0. The molecule has 1 atom stereocenters. The van der Waals surface area contributed by atoms with Crippen molar-refractivity contribution in [1.29, 1.82) is 0 Å². The molecule has 1 heterocycles. The van der Waals surface area contributed by atoms with Crippen molar-refractivity contribution in [2.75, 3.05) is 0 Å². The maximum absolute atomic E-state index is 10.5. The van der Waals surface area contributed by atoms with Crippen LogP contribution < -0.4 is 0 Å². The second-order valence-corrected chi connectivity index (χ2v) is 4.82. The summed E-state index contributed by atoms with van der Waals surface area (Å²) in [5.41, 5.74) is 0. The Morgan fingerprint density at radius 3 is 2.67 bits per heavy atom. The van der Waals surface area contributed by atoms with Crippen LogP contribution in [0.1, 0.15) is 38.4 Å². The lowest BCUT2D eigenvalue weighted by molar-refractivity contribution is -0.136. The highest BCUT2D eigenvalue weighted by molar-refractivity contribution is 7.99. The zero-order chi connectivity index (χ0) is 11.4. The average molecular weight is 230 g/mol. The van der Waals surface area contributed by atoms with Crippen LogP contribution in [0.15, 0.2) is 4.52 Å². The van der Waals surface area contributed by atoms with Crippen LogP contribution in [-0.2, 0) is 10.5 Å². The van der Waals surface area contributed by atoms with E-state index in [2.05, 4.69) is 10.1 Å². The van der Waals surface area contributed by atoms with Gasteiger partial charge in [0.15, 0.2) is 5.82 Å². The van der Waals surface area contributed by atoms with Crippen molar-refractivity contribution in [1.82, 2.24) is 10.1 Å². The Hall–Kier alpha value is -1.04. The molecule has 0 aliphatic rings. The van der Waals surface area contributed by atoms with E-state index in [9.17, 15) is 4.79 Å². The second kappa shape index (κ2) is 5.16. The highest BCUT2D eigenvalue weighted by Crippen LogP contribution is 2.18. The van der Waals surface area contributed by atoms with Crippen molar-refractivity contribution >= 4 is 17.7 Å². The molecule has 1 aromatic rings. The van der Waals surface area contributed by atoms with Crippen molar-refractivity contribution in [3.05, 3.63) is 11.7 Å². The standard InChI is InChI=1S/C9H14N2O3S/c1-5(2)8-10-7(11-14-8)4-15-6(3)9(12)13/h5-6H,4H2,1-3H3,(H,12,13). The molecule has 0 amide bonds. The number of hydrogen-bond acceptors (Lipinski definition) is 5. The van der Waals surface area contributed by atoms with Crippen LogP contribution in [-0.4, -0.2) is 26.5 Å². The first kappa shape index (κ1) is 12.0. The van der Waals surface area contributed by atoms with Gasteiger partial charge in [0.1, 0.15) is 0 Å². The fraction of sp³-hybridized carbons (Fsp3) is 0.667. The molecular formula is C9H14N2O3S. The molecule has 0 aliphatic heterocycles. The maximum Gasteiger partial charge on any atom is 0.316 e. The molecule has 0 saturated heterocycles. The molecule has 0 bridgehead atoms. The van der Waals surface area contributed by atoms with E-state index in [0.29, 0.717) is 17.5 Å². The van der Waals surface area contributed by atoms with Gasteiger partial charge in [-0.05, 0) is 6.92 Å². The number of rotatable bonds is 5. The third-order valence-electron chi connectivity index (χ3n) is 1.79. The first-order chi connectivity index (χ1) is 7.00. The highest BCUT2D eigenvalue weighted by Gasteiger charge is 2.14. The summed E-state index contributed by atoms with van der Waals surface area (Å²) in [6, 6.07) is 0. The summed E-state index contributed by atoms with van der Waals surface area (Å²) in [6.45, 7) is 5.56. The summed E-state index contributed by atoms with van der Waals surface area (Å²) in [5.74, 6) is 0.982. The predicted molar refractivity (Wildman–Crippen MR) is 56.8 cm³/mol. The molecule has 1 unspecified atom stereocenters. The molecule has 0 fully saturated rings. The molecule has 1 N–H and O–H groups in total. The minimum absolute atomic E-state index is 0.202. The van der Waals surface area contributed by atoms with Crippen LogP contribution in [0.5, 0.6) is 0 Å². The minimum atomic E-state index is -0.826. The van der Waals surface area contributed by atoms with Crippen LogP contribution in [0.2, 0.25) is 0 Å². The van der Waals surface area contributed by atoms with Crippen molar-refractivity contribution in [3.63, 3.8) is 0 Å². The Morgan fingerprint density at radius 1 is 1.53 bits per heavy atom. The molecule has 0 aliphatic carbocycles. The van der Waals surface area contributed by atoms with E-state index in [1.54, 1.807) is 6.92 Å². The van der Waals surface area contributed by atoms with Gasteiger partial charge < -0.3 is 9.63 Å². The summed E-state index contributed by atoms with van der Waals surface area (Å²) in [7, 11) is 0. The number of nitrogens with zero attached hydrogens (tertiary/aromatic N) is 2. The Bertz CT molecular complexity index is 338. The van der Waals surface area contributed by atoms with Crippen LogP contribution in [0.4, 0.5) is 0 Å². The van der Waals surface area contributed by atoms with Crippen molar-refractivity contribution in [2.45, 2.75) is 37.7 Å². The summed E-state index contributed by atoms with van der Waals surface area (Å²) in [5, 5.41) is 12.0. The van der Waals surface area contributed by atoms with Gasteiger partial charge in [-0.1, -0.05) is 19.0 Å². The van der Waals surface area contributed by atoms with Gasteiger partial charge >= 0.3 is 5.97 Å². The monoisotopic (exact) mass is 230 g/mol. The van der Waals surface area contributed by atoms with E-state index in [-0.39, 0.29) is 5.92 Å². The van der Waals surface area contributed by atoms with Gasteiger partial charge in [-0.15, -0.1) is 11.8 Å². The molecule has 0 radical (unpaired) electrons. The van der Waals surface area contributed by atoms with Crippen LogP contribution in [0.3, 0.4) is 0 Å². The molecule has 6 heteroatoms. The second-order valence-electron chi connectivity index (χ2n) is 3.50. The van der Waals surface area contributed by atoms with Gasteiger partial charge in [-0.25, -0.2) is 0 Å². The Labute approximate surface area is 92.2 Å². The fourth-order valence-corrected chi connectivity index (χ4v) is 1.49. The average Bonchev–Trinajstić information content (AvgIpc) is 2.62. The number of carbonyl (C=O) groups is 1. The fourth-order valence-electron chi connectivity index (χ4n) is 0.831. The first-order valence-corrected chi connectivity index (χ1v) is 5.72. The number of thioether (sulfide) groups is 1. The normalized spacial score (nSPS) is 13.1. The van der Waals surface area contributed by atoms with E-state index < -0.39 is 11.2 Å². The smallest absolute Gasteiger partial charge is 0.316 e. The Kier molecular flexibility index (Phi) is 4.14. The molecule has 1 aromatic heterocycles. The Morgan fingerprint density at radius 2 is 2.20 bits per heavy atom. The third kappa shape index (κ3) is 3.54. The number of carboxylic acid groups (broad SMARTS) is 1. The zero-order valence-corrected chi connectivity index (χ0v) is 9.74. The van der Waals surface area contributed by atoms with E-state index >= 15 is 0 Å². The molecule has 5 nitrogen and oxygen atoms in total. The molecule has 0 saturated carbocycles. The van der Waals surface area contributed by atoms with E-state index in [0.717, 1.165) is 0 Å². The third-order valence-corrected chi connectivity index (χ3v) is 2.91. The van der Waals surface area contributed by atoms with Gasteiger partial charge in [-0.2, -0.15) is 4.98 Å². The van der Waals surface area contributed by atoms with Gasteiger partial charge in [-0.3, -0.25) is 4.79 Å². The Balaban J connectivity index is 2.47. The molecule has 0 spiro atoms. The number of aromatic nitrogens is 2. The van der Waals surface area contributed by atoms with Gasteiger partial charge in [0.05, 0.1) is 11.0 Å². The number of hydrogen-bond donors (Lipinski definition) is 1. The minimum Gasteiger partial charge on any atom is -0.480 e. The topological polar surface area (TPSA) is 76.2 Å². The summed E-state index contributed by atoms with van der Waals surface area (Å²) >= 11 is 1.28. The van der Waals surface area contributed by atoms with Gasteiger partial charge in [0.25, 0.3) is 0 Å². The zero-order valence-electron chi connectivity index (χ0n) is 8.93. The number of aliphatic carboxylic acids is 1. The maximum atomic E-state index is 10.5. The van der Waals surface area contributed by atoms with Crippen molar-refractivity contribution in [2.24, 2.45) is 0 Å². The van der Waals surface area contributed by atoms with Crippen molar-refractivity contribution in [3.8, 4) is 0 Å². The molecular weight excluding hydrogens is 216 g/mol. The SMILES string of the molecule is CC(SCc1noc(C(C)C)n1)C(=O)O. The van der Waals surface area contributed by atoms with Crippen LogP contribution >= 0.6 is 11.8 Å². The van der Waals surface area contributed by atoms with E-state index in [1.165, 1.54) is 11.8 Å². The summed E-state index contributed by atoms with van der Waals surface area (Å²) < 4.78 is 5.00. The lowest BCUT2D eigenvalue weighted by Gasteiger charge is -2.01. The van der Waals surface area contributed by atoms with Crippen molar-refractivity contribution < 1.29 is 14.4 Å². The quantitative estimate of drug-likeness (QED) is 0.832. The van der Waals surface area contributed by atoms with Gasteiger partial charge in [0, 0.05) is 5.92 Å².